The zero-order chi connectivity index (χ0) is 25.1. The molecule has 2 aliphatic heterocycles. The molecular formula is C29H37N5O2. The molecule has 36 heavy (non-hydrogen) atoms. The SMILES string of the molecule is Cc1ccc(CN2CCC(CNC(=O)C3CCCN(c4nc5ccccc5n(C)c4=O)C3)CC2)cc1. The molecule has 1 unspecified atom stereocenters. The summed E-state index contributed by atoms with van der Waals surface area (Å²) < 4.78 is 1.66. The summed E-state index contributed by atoms with van der Waals surface area (Å²) in [5.41, 5.74) is 4.18. The monoisotopic (exact) mass is 487 g/mol. The number of aryl methyl sites for hydroxylation is 2. The Kier molecular flexibility index (Phi) is 7.37. The molecule has 1 aromatic heterocycles. The van der Waals surface area contributed by atoms with E-state index < -0.39 is 0 Å². The first kappa shape index (κ1) is 24.5. The molecule has 2 fully saturated rings. The van der Waals surface area contributed by atoms with Crippen molar-refractivity contribution in [2.75, 3.05) is 37.6 Å². The van der Waals surface area contributed by atoms with Gasteiger partial charge in [-0.25, -0.2) is 4.98 Å². The Bertz CT molecular complexity index is 1260. The van der Waals surface area contributed by atoms with Gasteiger partial charge < -0.3 is 14.8 Å². The second kappa shape index (κ2) is 10.8. The molecule has 2 aromatic carbocycles. The molecule has 1 amide bonds. The summed E-state index contributed by atoms with van der Waals surface area (Å²) >= 11 is 0. The number of nitrogens with zero attached hydrogens (tertiary/aromatic N) is 4. The third kappa shape index (κ3) is 5.46. The van der Waals surface area contributed by atoms with E-state index >= 15 is 0 Å². The standard InChI is InChI=1S/C29H37N5O2/c1-21-9-11-23(12-10-21)19-33-16-13-22(14-17-33)18-30-28(35)24-6-5-15-34(20-24)27-29(36)32(2)26-8-4-3-7-25(26)31-27/h3-4,7-12,22,24H,5-6,13-20H2,1-2H3,(H,30,35). The fourth-order valence-electron chi connectivity index (χ4n) is 5.54. The van der Waals surface area contributed by atoms with Crippen molar-refractivity contribution in [1.82, 2.24) is 19.8 Å². The van der Waals surface area contributed by atoms with Gasteiger partial charge in [0.25, 0.3) is 5.56 Å². The molecule has 3 heterocycles. The minimum atomic E-state index is -0.113. The first-order valence-electron chi connectivity index (χ1n) is 13.2. The van der Waals surface area contributed by atoms with Gasteiger partial charge in [0.2, 0.25) is 5.91 Å². The van der Waals surface area contributed by atoms with Crippen molar-refractivity contribution in [1.29, 1.82) is 0 Å². The number of nitrogens with one attached hydrogen (secondary N) is 1. The molecule has 7 nitrogen and oxygen atoms in total. The number of amides is 1. The minimum absolute atomic E-state index is 0.104. The van der Waals surface area contributed by atoms with Crippen LogP contribution in [0.4, 0.5) is 5.82 Å². The van der Waals surface area contributed by atoms with E-state index in [1.54, 1.807) is 11.6 Å². The van der Waals surface area contributed by atoms with Crippen molar-refractivity contribution < 1.29 is 4.79 Å². The number of anilines is 1. The lowest BCUT2D eigenvalue weighted by molar-refractivity contribution is -0.125. The van der Waals surface area contributed by atoms with E-state index in [0.717, 1.165) is 69.4 Å². The molecule has 1 atom stereocenters. The van der Waals surface area contributed by atoms with Gasteiger partial charge in [0.15, 0.2) is 5.82 Å². The smallest absolute Gasteiger partial charge is 0.293 e. The van der Waals surface area contributed by atoms with Gasteiger partial charge in [0.1, 0.15) is 0 Å². The number of piperidine rings is 2. The van der Waals surface area contributed by atoms with Crippen LogP contribution in [0.1, 0.15) is 36.8 Å². The largest absolute Gasteiger partial charge is 0.356 e. The molecule has 0 radical (unpaired) electrons. The number of aromatic nitrogens is 2. The lowest BCUT2D eigenvalue weighted by Gasteiger charge is -2.34. The second-order valence-electron chi connectivity index (χ2n) is 10.5. The molecule has 190 valence electrons. The number of hydrogen-bond acceptors (Lipinski definition) is 5. The number of likely N-dealkylation sites (tertiary alicyclic amines) is 1. The van der Waals surface area contributed by atoms with Crippen LogP contribution in [0.25, 0.3) is 11.0 Å². The van der Waals surface area contributed by atoms with Gasteiger partial charge in [-0.3, -0.25) is 14.5 Å². The van der Waals surface area contributed by atoms with Gasteiger partial charge in [-0.05, 0) is 69.3 Å². The molecule has 2 aliphatic rings. The van der Waals surface area contributed by atoms with Crippen LogP contribution < -0.4 is 15.8 Å². The topological polar surface area (TPSA) is 70.5 Å². The first-order valence-corrected chi connectivity index (χ1v) is 13.2. The summed E-state index contributed by atoms with van der Waals surface area (Å²) in [6.45, 7) is 7.30. The average Bonchev–Trinajstić information content (AvgIpc) is 2.91. The Balaban J connectivity index is 1.13. The Morgan fingerprint density at radius 2 is 1.78 bits per heavy atom. The highest BCUT2D eigenvalue weighted by atomic mass is 16.2. The van der Waals surface area contributed by atoms with Crippen molar-refractivity contribution in [2.45, 2.75) is 39.2 Å². The van der Waals surface area contributed by atoms with Crippen LogP contribution in [-0.4, -0.2) is 53.1 Å². The Morgan fingerprint density at radius 3 is 2.56 bits per heavy atom. The molecule has 0 spiro atoms. The maximum atomic E-state index is 13.1. The van der Waals surface area contributed by atoms with Gasteiger partial charge in [-0.2, -0.15) is 0 Å². The summed E-state index contributed by atoms with van der Waals surface area (Å²) in [7, 11) is 1.79. The van der Waals surface area contributed by atoms with Crippen LogP contribution in [0.5, 0.6) is 0 Å². The quantitative estimate of drug-likeness (QED) is 0.577. The lowest BCUT2D eigenvalue weighted by Crippen LogP contribution is -2.46. The van der Waals surface area contributed by atoms with Crippen LogP contribution in [0, 0.1) is 18.8 Å². The first-order chi connectivity index (χ1) is 17.5. The third-order valence-corrected chi connectivity index (χ3v) is 7.86. The fraction of sp³-hybridized carbons (Fsp3) is 0.483. The van der Waals surface area contributed by atoms with E-state index in [1.807, 2.05) is 29.2 Å². The predicted octanol–water partition coefficient (Wildman–Crippen LogP) is 3.49. The maximum absolute atomic E-state index is 13.1. The number of para-hydroxylation sites is 2. The van der Waals surface area contributed by atoms with E-state index in [9.17, 15) is 9.59 Å². The molecule has 2 saturated heterocycles. The maximum Gasteiger partial charge on any atom is 0.293 e. The molecule has 0 aliphatic carbocycles. The van der Waals surface area contributed by atoms with Crippen LogP contribution in [0.15, 0.2) is 53.3 Å². The normalized spacial score (nSPS) is 19.5. The molecule has 0 saturated carbocycles. The van der Waals surface area contributed by atoms with E-state index in [-0.39, 0.29) is 17.4 Å². The summed E-state index contributed by atoms with van der Waals surface area (Å²) in [6, 6.07) is 16.5. The zero-order valence-electron chi connectivity index (χ0n) is 21.4. The molecule has 5 rings (SSSR count). The van der Waals surface area contributed by atoms with Crippen molar-refractivity contribution in [3.63, 3.8) is 0 Å². The summed E-state index contributed by atoms with van der Waals surface area (Å²) in [6.07, 6.45) is 3.96. The summed E-state index contributed by atoms with van der Waals surface area (Å²) in [4.78, 5) is 35.3. The van der Waals surface area contributed by atoms with Gasteiger partial charge in [-0.15, -0.1) is 0 Å². The van der Waals surface area contributed by atoms with Crippen LogP contribution in [0.3, 0.4) is 0 Å². The molecule has 7 heteroatoms. The molecular weight excluding hydrogens is 450 g/mol. The number of rotatable bonds is 6. The number of carbonyl (C=O) groups excluding carboxylic acids is 1. The Morgan fingerprint density at radius 1 is 1.03 bits per heavy atom. The van der Waals surface area contributed by atoms with E-state index in [4.69, 9.17) is 0 Å². The van der Waals surface area contributed by atoms with Crippen molar-refractivity contribution in [3.8, 4) is 0 Å². The minimum Gasteiger partial charge on any atom is -0.356 e. The van der Waals surface area contributed by atoms with Crippen molar-refractivity contribution in [2.24, 2.45) is 18.9 Å². The van der Waals surface area contributed by atoms with Crippen molar-refractivity contribution in [3.05, 3.63) is 70.0 Å². The van der Waals surface area contributed by atoms with Gasteiger partial charge in [0.05, 0.1) is 17.0 Å². The fourth-order valence-corrected chi connectivity index (χ4v) is 5.54. The lowest BCUT2D eigenvalue weighted by atomic mass is 9.94. The Labute approximate surface area is 213 Å². The van der Waals surface area contributed by atoms with Gasteiger partial charge in [0, 0.05) is 33.2 Å². The predicted molar refractivity (Wildman–Crippen MR) is 144 cm³/mol. The molecule has 1 N–H and O–H groups in total. The van der Waals surface area contributed by atoms with E-state index in [0.29, 0.717) is 18.3 Å². The highest BCUT2D eigenvalue weighted by molar-refractivity contribution is 5.80. The third-order valence-electron chi connectivity index (χ3n) is 7.86. The van der Waals surface area contributed by atoms with Crippen LogP contribution in [0.2, 0.25) is 0 Å². The molecule has 0 bridgehead atoms. The highest BCUT2D eigenvalue weighted by Gasteiger charge is 2.29. The van der Waals surface area contributed by atoms with Gasteiger partial charge >= 0.3 is 0 Å². The second-order valence-corrected chi connectivity index (χ2v) is 10.5. The number of fused-ring (bicyclic) bond motifs is 1. The van der Waals surface area contributed by atoms with E-state index in [1.165, 1.54) is 11.1 Å². The number of hydrogen-bond donors (Lipinski definition) is 1. The van der Waals surface area contributed by atoms with Crippen LogP contribution in [-0.2, 0) is 18.4 Å². The molecule has 3 aromatic rings. The van der Waals surface area contributed by atoms with Crippen molar-refractivity contribution >= 4 is 22.8 Å². The van der Waals surface area contributed by atoms with E-state index in [2.05, 4.69) is 46.4 Å². The Hall–Kier alpha value is -3.19. The number of carbonyl (C=O) groups is 1. The van der Waals surface area contributed by atoms with Crippen LogP contribution >= 0.6 is 0 Å². The summed E-state index contributed by atoms with van der Waals surface area (Å²) in [5, 5.41) is 3.23. The number of benzene rings is 2. The highest BCUT2D eigenvalue weighted by Crippen LogP contribution is 2.23. The zero-order valence-corrected chi connectivity index (χ0v) is 21.4. The van der Waals surface area contributed by atoms with Gasteiger partial charge in [-0.1, -0.05) is 42.0 Å². The average molecular weight is 488 g/mol. The summed E-state index contributed by atoms with van der Waals surface area (Å²) in [5.74, 6) is 0.977.